The van der Waals surface area contributed by atoms with Crippen LogP contribution in [0.3, 0.4) is 0 Å². The molecular weight excluding hydrogens is 314 g/mol. The number of pyridine rings is 2. The highest BCUT2D eigenvalue weighted by Crippen LogP contribution is 2.39. The fourth-order valence-electron chi connectivity index (χ4n) is 3.61. The zero-order valence-corrected chi connectivity index (χ0v) is 13.9. The zero-order valence-electron chi connectivity index (χ0n) is 13.9. The Morgan fingerprint density at radius 1 is 1.04 bits per heavy atom. The molecule has 4 rings (SSSR count). The Morgan fingerprint density at radius 3 is 2.72 bits per heavy atom. The first kappa shape index (κ1) is 15.8. The summed E-state index contributed by atoms with van der Waals surface area (Å²) < 4.78 is 6.00. The average molecular weight is 335 g/mol. The fraction of sp³-hybridized carbons (Fsp3) is 0.316. The zero-order chi connectivity index (χ0) is 16.9. The van der Waals surface area contributed by atoms with Gasteiger partial charge in [0.2, 0.25) is 0 Å². The summed E-state index contributed by atoms with van der Waals surface area (Å²) in [6.45, 7) is 2.43. The van der Waals surface area contributed by atoms with Crippen LogP contribution in [0.15, 0.2) is 61.4 Å². The van der Waals surface area contributed by atoms with E-state index < -0.39 is 0 Å². The van der Waals surface area contributed by atoms with Crippen LogP contribution in [0.25, 0.3) is 0 Å². The number of nitrogens with one attached hydrogen (secondary N) is 2. The van der Waals surface area contributed by atoms with Gasteiger partial charge in [-0.3, -0.25) is 9.97 Å². The summed E-state index contributed by atoms with van der Waals surface area (Å²) in [5.41, 5.74) is 1.27. The topological polar surface area (TPSA) is 75.7 Å². The maximum Gasteiger partial charge on any atom is 0.137 e. The maximum absolute atomic E-state index is 6.00. The molecule has 0 aromatic carbocycles. The monoisotopic (exact) mass is 335 g/mol. The fourth-order valence-corrected chi connectivity index (χ4v) is 3.61. The number of ether oxygens (including phenoxy) is 1. The predicted octanol–water partition coefficient (Wildman–Crippen LogP) is 2.37. The minimum atomic E-state index is 0.260. The molecule has 1 fully saturated rings. The molecule has 3 unspecified atom stereocenters. The lowest BCUT2D eigenvalue weighted by Crippen LogP contribution is -2.43. The Bertz CT molecular complexity index is 763. The number of nitrogens with zero attached hydrogens (tertiary/aromatic N) is 3. The van der Waals surface area contributed by atoms with Gasteiger partial charge in [-0.2, -0.15) is 0 Å². The average Bonchev–Trinajstić information content (AvgIpc) is 3.22. The van der Waals surface area contributed by atoms with Crippen molar-refractivity contribution in [1.29, 1.82) is 0 Å². The Hall–Kier alpha value is -2.73. The molecular formula is C19H21N5O. The summed E-state index contributed by atoms with van der Waals surface area (Å²) in [4.78, 5) is 16.1. The van der Waals surface area contributed by atoms with E-state index in [1.54, 1.807) is 12.4 Å². The van der Waals surface area contributed by atoms with E-state index in [4.69, 9.17) is 4.74 Å². The summed E-state index contributed by atoms with van der Waals surface area (Å²) in [5, 5.41) is 3.55. The lowest BCUT2D eigenvalue weighted by Gasteiger charge is -2.37. The van der Waals surface area contributed by atoms with Crippen LogP contribution in [0.4, 0.5) is 0 Å². The number of aromatic nitrogens is 4. The molecule has 0 spiro atoms. The van der Waals surface area contributed by atoms with Crippen molar-refractivity contribution in [2.75, 3.05) is 19.7 Å². The van der Waals surface area contributed by atoms with Crippen LogP contribution in [0, 0.1) is 5.92 Å². The first-order valence-corrected chi connectivity index (χ1v) is 8.54. The van der Waals surface area contributed by atoms with Crippen molar-refractivity contribution in [2.45, 2.75) is 11.8 Å². The highest BCUT2D eigenvalue weighted by molar-refractivity contribution is 5.24. The molecule has 6 nitrogen and oxygen atoms in total. The lowest BCUT2D eigenvalue weighted by atomic mass is 9.75. The molecule has 25 heavy (non-hydrogen) atoms. The summed E-state index contributed by atoms with van der Waals surface area (Å²) >= 11 is 0. The van der Waals surface area contributed by atoms with Crippen LogP contribution in [0.5, 0.6) is 5.75 Å². The van der Waals surface area contributed by atoms with Gasteiger partial charge in [0.05, 0.1) is 12.8 Å². The van der Waals surface area contributed by atoms with Crippen molar-refractivity contribution in [1.82, 2.24) is 25.3 Å². The minimum absolute atomic E-state index is 0.260. The van der Waals surface area contributed by atoms with Gasteiger partial charge in [0.25, 0.3) is 0 Å². The molecule has 0 amide bonds. The maximum atomic E-state index is 6.00. The van der Waals surface area contributed by atoms with Crippen molar-refractivity contribution in [2.24, 2.45) is 5.92 Å². The molecule has 4 heterocycles. The van der Waals surface area contributed by atoms with Gasteiger partial charge in [0.1, 0.15) is 11.6 Å². The van der Waals surface area contributed by atoms with Crippen molar-refractivity contribution in [3.05, 3.63) is 72.8 Å². The number of piperidine rings is 1. The largest absolute Gasteiger partial charge is 0.492 e. The molecule has 1 aliphatic heterocycles. The Kier molecular flexibility index (Phi) is 4.70. The van der Waals surface area contributed by atoms with Gasteiger partial charge in [-0.05, 0) is 29.8 Å². The smallest absolute Gasteiger partial charge is 0.137 e. The third kappa shape index (κ3) is 3.53. The predicted molar refractivity (Wildman–Crippen MR) is 94.4 cm³/mol. The molecule has 0 aliphatic carbocycles. The van der Waals surface area contributed by atoms with Gasteiger partial charge in [-0.15, -0.1) is 0 Å². The standard InChI is InChI=1S/C19H21N5O/c1-2-16(11-21-5-1)25-13-15-10-22-12-17(14-3-6-20-7-4-14)18(15)19-23-8-9-24-19/h1-9,11,15,17-18,22H,10,12-13H2,(H,23,24). The van der Waals surface area contributed by atoms with Gasteiger partial charge < -0.3 is 15.0 Å². The molecule has 128 valence electrons. The molecule has 0 bridgehead atoms. The van der Waals surface area contributed by atoms with E-state index in [-0.39, 0.29) is 5.92 Å². The molecule has 1 saturated heterocycles. The van der Waals surface area contributed by atoms with E-state index in [9.17, 15) is 0 Å². The van der Waals surface area contributed by atoms with Crippen molar-refractivity contribution in [3.8, 4) is 5.75 Å². The first-order valence-electron chi connectivity index (χ1n) is 8.54. The normalized spacial score (nSPS) is 23.3. The van der Waals surface area contributed by atoms with Crippen molar-refractivity contribution in [3.63, 3.8) is 0 Å². The van der Waals surface area contributed by atoms with Crippen LogP contribution in [0.1, 0.15) is 23.2 Å². The number of H-pyrrole nitrogens is 1. The van der Waals surface area contributed by atoms with Gasteiger partial charge in [0, 0.05) is 61.8 Å². The number of imidazole rings is 1. The second-order valence-corrected chi connectivity index (χ2v) is 6.31. The van der Waals surface area contributed by atoms with E-state index >= 15 is 0 Å². The van der Waals surface area contributed by atoms with Gasteiger partial charge in [0.15, 0.2) is 0 Å². The van der Waals surface area contributed by atoms with Crippen LogP contribution in [-0.4, -0.2) is 39.6 Å². The number of aromatic amines is 1. The molecule has 6 heteroatoms. The van der Waals surface area contributed by atoms with Gasteiger partial charge >= 0.3 is 0 Å². The van der Waals surface area contributed by atoms with E-state index in [1.807, 2.05) is 36.9 Å². The summed E-state index contributed by atoms with van der Waals surface area (Å²) in [6, 6.07) is 8.00. The third-order valence-corrected chi connectivity index (χ3v) is 4.78. The van der Waals surface area contributed by atoms with Crippen LogP contribution < -0.4 is 10.1 Å². The Balaban J connectivity index is 1.58. The number of hydrogen-bond donors (Lipinski definition) is 2. The molecule has 3 atom stereocenters. The Labute approximate surface area is 146 Å². The van der Waals surface area contributed by atoms with Gasteiger partial charge in [-0.1, -0.05) is 0 Å². The first-order chi connectivity index (χ1) is 12.4. The summed E-state index contributed by atoms with van der Waals surface area (Å²) in [6.07, 6.45) is 10.9. The minimum Gasteiger partial charge on any atom is -0.492 e. The van der Waals surface area contributed by atoms with Gasteiger partial charge in [-0.25, -0.2) is 4.98 Å². The van der Waals surface area contributed by atoms with E-state index in [0.29, 0.717) is 18.4 Å². The Morgan fingerprint density at radius 2 is 1.96 bits per heavy atom. The second kappa shape index (κ2) is 7.44. The van der Waals surface area contributed by atoms with Crippen LogP contribution in [-0.2, 0) is 0 Å². The molecule has 2 N–H and O–H groups in total. The molecule has 0 saturated carbocycles. The van der Waals surface area contributed by atoms with E-state index in [0.717, 1.165) is 24.7 Å². The van der Waals surface area contributed by atoms with Crippen molar-refractivity contribution >= 4 is 0 Å². The summed E-state index contributed by atoms with van der Waals surface area (Å²) in [5.74, 6) is 2.70. The SMILES string of the molecule is c1cncc(OCC2CNCC(c3ccncc3)C2c2ncc[nH]2)c1. The highest BCUT2D eigenvalue weighted by atomic mass is 16.5. The number of rotatable bonds is 5. The van der Waals surface area contributed by atoms with Crippen LogP contribution in [0.2, 0.25) is 0 Å². The van der Waals surface area contributed by atoms with E-state index in [1.165, 1.54) is 5.56 Å². The van der Waals surface area contributed by atoms with Crippen LogP contribution >= 0.6 is 0 Å². The molecule has 1 aliphatic rings. The molecule has 3 aromatic heterocycles. The molecule has 3 aromatic rings. The van der Waals surface area contributed by atoms with E-state index in [2.05, 4.69) is 37.4 Å². The highest BCUT2D eigenvalue weighted by Gasteiger charge is 2.37. The van der Waals surface area contributed by atoms with Crippen molar-refractivity contribution < 1.29 is 4.74 Å². The second-order valence-electron chi connectivity index (χ2n) is 6.31. The number of hydrogen-bond acceptors (Lipinski definition) is 5. The quantitative estimate of drug-likeness (QED) is 0.749. The molecule has 0 radical (unpaired) electrons. The lowest BCUT2D eigenvalue weighted by molar-refractivity contribution is 0.179. The summed E-state index contributed by atoms with van der Waals surface area (Å²) in [7, 11) is 0. The third-order valence-electron chi connectivity index (χ3n) is 4.78.